The van der Waals surface area contributed by atoms with Gasteiger partial charge in [-0.2, -0.15) is 8.62 Å². The molecule has 174 valence electrons. The molecule has 1 aliphatic heterocycles. The third-order valence-electron chi connectivity index (χ3n) is 3.58. The number of aliphatic hydroxyl groups is 1. The Labute approximate surface area is 178 Å². The lowest BCUT2D eigenvalue weighted by Gasteiger charge is -2.25. The zero-order valence-corrected chi connectivity index (χ0v) is 18.4. The second-order valence-corrected chi connectivity index (χ2v) is 10.6. The van der Waals surface area contributed by atoms with Gasteiger partial charge in [0.25, 0.3) is 0 Å². The van der Waals surface area contributed by atoms with Crippen molar-refractivity contribution in [3.05, 3.63) is 17.0 Å². The lowest BCUT2D eigenvalue weighted by atomic mass is 9.96. The Morgan fingerprint density at radius 3 is 2.45 bits per heavy atom. The van der Waals surface area contributed by atoms with E-state index in [1.54, 1.807) is 5.92 Å². The number of hydrogen-bond acceptors (Lipinski definition) is 11. The highest BCUT2D eigenvalue weighted by atomic mass is 32.1. The fourth-order valence-corrected chi connectivity index (χ4v) is 5.68. The molecule has 3 unspecified atom stereocenters. The lowest BCUT2D eigenvalue weighted by Crippen LogP contribution is -2.43. The Hall–Kier alpha value is -1.08. The fraction of sp³-hybridized carbons (Fsp3) is 0.455. The summed E-state index contributed by atoms with van der Waals surface area (Å²) in [5.41, 5.74) is 2.81. The molecule has 31 heavy (non-hydrogen) atoms. The Morgan fingerprint density at radius 1 is 1.32 bits per heavy atom. The van der Waals surface area contributed by atoms with Crippen LogP contribution in [0.25, 0.3) is 0 Å². The first-order valence-electron chi connectivity index (χ1n) is 7.62. The van der Waals surface area contributed by atoms with Gasteiger partial charge in [-0.25, -0.2) is 23.1 Å². The number of aromatic nitrogens is 2. The van der Waals surface area contributed by atoms with Crippen LogP contribution < -0.4 is 5.73 Å². The van der Waals surface area contributed by atoms with Gasteiger partial charge in [0, 0.05) is 6.20 Å². The fourth-order valence-electron chi connectivity index (χ4n) is 2.39. The van der Waals surface area contributed by atoms with Crippen molar-refractivity contribution in [1.82, 2.24) is 9.55 Å². The molecule has 0 aliphatic carbocycles. The van der Waals surface area contributed by atoms with Crippen molar-refractivity contribution in [3.8, 4) is 12.3 Å². The van der Waals surface area contributed by atoms with Crippen LogP contribution in [0.3, 0.4) is 0 Å². The predicted octanol–water partition coefficient (Wildman–Crippen LogP) is 0.138. The van der Waals surface area contributed by atoms with E-state index in [1.807, 2.05) is 0 Å². The van der Waals surface area contributed by atoms with Gasteiger partial charge in [0.05, 0.1) is 6.61 Å². The molecule has 0 saturated carbocycles. The number of nitrogens with zero attached hydrogens (tertiary/aromatic N) is 2. The van der Waals surface area contributed by atoms with E-state index in [1.165, 1.54) is 12.3 Å². The number of phosphoric acid groups is 3. The number of halogens is 1. The van der Waals surface area contributed by atoms with Gasteiger partial charge in [-0.15, -0.1) is 6.42 Å². The second kappa shape index (κ2) is 9.05. The number of hydrogen-bond donors (Lipinski definition) is 6. The third-order valence-corrected chi connectivity index (χ3v) is 7.68. The van der Waals surface area contributed by atoms with Crippen molar-refractivity contribution in [3.63, 3.8) is 0 Å². The van der Waals surface area contributed by atoms with Crippen molar-refractivity contribution in [2.24, 2.45) is 0 Å². The van der Waals surface area contributed by atoms with E-state index in [9.17, 15) is 28.1 Å². The van der Waals surface area contributed by atoms with Crippen molar-refractivity contribution in [2.75, 3.05) is 12.3 Å². The van der Waals surface area contributed by atoms with Crippen molar-refractivity contribution < 1.29 is 60.6 Å². The SMILES string of the molecule is C#CC1(O)[C@@H](F)[C@@H](COP(=O)(O)OP(=O)(O)OP(=O)(O)O)O[C@H]1n1ccc(N)nc1=S. The Balaban J connectivity index is 2.18. The highest BCUT2D eigenvalue weighted by molar-refractivity contribution is 7.71. The van der Waals surface area contributed by atoms with Crippen LogP contribution in [0.15, 0.2) is 12.3 Å². The number of ether oxygens (including phenoxy) is 1. The predicted molar refractivity (Wildman–Crippen MR) is 99.9 cm³/mol. The summed E-state index contributed by atoms with van der Waals surface area (Å²) in [6, 6.07) is 1.24. The molecule has 1 saturated heterocycles. The van der Waals surface area contributed by atoms with Crippen LogP contribution in [-0.2, 0) is 31.6 Å². The van der Waals surface area contributed by atoms with Crippen molar-refractivity contribution in [1.29, 1.82) is 0 Å². The number of nitrogen functional groups attached to an aromatic ring is 1. The van der Waals surface area contributed by atoms with Gasteiger partial charge < -0.3 is 35.2 Å². The molecule has 6 atom stereocenters. The number of nitrogens with two attached hydrogens (primary N) is 1. The maximum Gasteiger partial charge on any atom is 0.490 e. The molecular formula is C11H15FN3O12P3S. The molecule has 1 fully saturated rings. The van der Waals surface area contributed by atoms with E-state index in [0.717, 1.165) is 4.57 Å². The smallest absolute Gasteiger partial charge is 0.384 e. The topological polar surface area (TPSA) is 233 Å². The third kappa shape index (κ3) is 6.47. The normalized spacial score (nSPS) is 30.3. The molecule has 15 nitrogen and oxygen atoms in total. The lowest BCUT2D eigenvalue weighted by molar-refractivity contribution is -0.0734. The van der Waals surface area contributed by atoms with Gasteiger partial charge in [0.15, 0.2) is 12.4 Å². The summed E-state index contributed by atoms with van der Waals surface area (Å²) in [4.78, 5) is 39.2. The number of phosphoric ester groups is 1. The molecule has 1 aromatic heterocycles. The number of anilines is 1. The molecule has 0 spiro atoms. The minimum absolute atomic E-state index is 0.00417. The zero-order chi connectivity index (χ0) is 23.8. The monoisotopic (exact) mass is 525 g/mol. The van der Waals surface area contributed by atoms with Gasteiger partial charge in [0.2, 0.25) is 10.4 Å². The van der Waals surface area contributed by atoms with Crippen molar-refractivity contribution in [2.45, 2.75) is 24.1 Å². The largest absolute Gasteiger partial charge is 0.490 e. The van der Waals surface area contributed by atoms with E-state index in [0.29, 0.717) is 0 Å². The average Bonchev–Trinajstić information content (AvgIpc) is 2.82. The van der Waals surface area contributed by atoms with Gasteiger partial charge in [0.1, 0.15) is 11.9 Å². The van der Waals surface area contributed by atoms with Crippen LogP contribution >= 0.6 is 35.7 Å². The standard InChI is InChI=1S/C11H15FN3O12P3S/c1-2-11(16)8(12)6(25-9(11)15-4-3-7(13)14-10(15)31)5-24-29(20,21)27-30(22,23)26-28(17,18)19/h1,3-4,6,8-9,16H,5H2,(H,20,21)(H,22,23)(H2,13,14,31)(H2,17,18,19)/t6-,8+,9-,11?/m1/s1. The van der Waals surface area contributed by atoms with Crippen LogP contribution in [0.2, 0.25) is 0 Å². The summed E-state index contributed by atoms with van der Waals surface area (Å²) < 4.78 is 65.8. The van der Waals surface area contributed by atoms with E-state index in [-0.39, 0.29) is 10.6 Å². The molecule has 0 aromatic carbocycles. The molecule has 0 bridgehead atoms. The first-order valence-corrected chi connectivity index (χ1v) is 12.6. The molecule has 0 radical (unpaired) electrons. The Morgan fingerprint density at radius 2 is 1.94 bits per heavy atom. The van der Waals surface area contributed by atoms with Crippen LogP contribution in [0.1, 0.15) is 6.23 Å². The van der Waals surface area contributed by atoms with Gasteiger partial charge in [-0.1, -0.05) is 5.92 Å². The van der Waals surface area contributed by atoms with Gasteiger partial charge in [-0.05, 0) is 18.3 Å². The minimum Gasteiger partial charge on any atom is -0.384 e. The number of rotatable bonds is 8. The number of alkyl halides is 1. The van der Waals surface area contributed by atoms with Crippen molar-refractivity contribution >= 4 is 41.5 Å². The summed E-state index contributed by atoms with van der Waals surface area (Å²) >= 11 is 4.95. The highest BCUT2D eigenvalue weighted by Crippen LogP contribution is 2.66. The van der Waals surface area contributed by atoms with E-state index < -0.39 is 54.2 Å². The van der Waals surface area contributed by atoms with E-state index in [2.05, 4.69) is 18.1 Å². The molecule has 2 rings (SSSR count). The summed E-state index contributed by atoms with van der Waals surface area (Å²) in [7, 11) is -16.9. The quantitative estimate of drug-likeness (QED) is 0.150. The first kappa shape index (κ1) is 26.2. The molecule has 1 aromatic rings. The maximum atomic E-state index is 14.8. The molecule has 1 aliphatic rings. The van der Waals surface area contributed by atoms with Crippen LogP contribution in [0, 0.1) is 17.1 Å². The summed E-state index contributed by atoms with van der Waals surface area (Å²) in [5.74, 6) is 1.80. The van der Waals surface area contributed by atoms with E-state index in [4.69, 9.17) is 43.8 Å². The summed E-state index contributed by atoms with van der Waals surface area (Å²) in [6.45, 7) is -1.18. The first-order chi connectivity index (χ1) is 14.0. The van der Waals surface area contributed by atoms with Crippen LogP contribution in [0.5, 0.6) is 0 Å². The van der Waals surface area contributed by atoms with Gasteiger partial charge >= 0.3 is 23.5 Å². The highest BCUT2D eigenvalue weighted by Gasteiger charge is 2.57. The van der Waals surface area contributed by atoms with Gasteiger partial charge in [-0.3, -0.25) is 9.09 Å². The van der Waals surface area contributed by atoms with E-state index >= 15 is 0 Å². The maximum absolute atomic E-state index is 14.8. The second-order valence-electron chi connectivity index (χ2n) is 5.83. The molecule has 20 heteroatoms. The minimum atomic E-state index is -5.77. The zero-order valence-electron chi connectivity index (χ0n) is 14.9. The average molecular weight is 525 g/mol. The molecule has 7 N–H and O–H groups in total. The van der Waals surface area contributed by atoms with Crippen LogP contribution in [-0.4, -0.2) is 58.7 Å². The number of terminal acetylenes is 1. The molecule has 0 amide bonds. The summed E-state index contributed by atoms with van der Waals surface area (Å²) in [5, 5.41) is 10.5. The molecular weight excluding hydrogens is 510 g/mol. The summed E-state index contributed by atoms with van der Waals surface area (Å²) in [6.07, 6.45) is 0.448. The molecule has 2 heterocycles. The Kier molecular flexibility index (Phi) is 7.64. The van der Waals surface area contributed by atoms with Crippen LogP contribution in [0.4, 0.5) is 10.2 Å². The Bertz CT molecular complexity index is 1090.